The third kappa shape index (κ3) is 3.83. The van der Waals surface area contributed by atoms with Crippen LogP contribution < -0.4 is 14.2 Å². The molecule has 6 nitrogen and oxygen atoms in total. The number of hydrogen-bond acceptors (Lipinski definition) is 6. The number of rotatable bonds is 6. The van der Waals surface area contributed by atoms with E-state index in [9.17, 15) is 0 Å². The molecule has 0 radical (unpaired) electrons. The fourth-order valence-corrected chi connectivity index (χ4v) is 4.77. The van der Waals surface area contributed by atoms with E-state index < -0.39 is 0 Å². The van der Waals surface area contributed by atoms with E-state index in [4.69, 9.17) is 23.6 Å². The van der Waals surface area contributed by atoms with Gasteiger partial charge in [-0.2, -0.15) is 0 Å². The summed E-state index contributed by atoms with van der Waals surface area (Å²) in [7, 11) is 4.81. The fraction of sp³-hybridized carbons (Fsp3) is 0.591. The summed E-state index contributed by atoms with van der Waals surface area (Å²) in [6, 6.07) is 3.73. The average molecular weight is 386 g/mol. The molecular weight excluding hydrogens is 356 g/mol. The van der Waals surface area contributed by atoms with E-state index in [0.29, 0.717) is 23.1 Å². The second-order valence-electron chi connectivity index (χ2n) is 7.89. The molecule has 1 aromatic heterocycles. The van der Waals surface area contributed by atoms with Crippen LogP contribution in [0, 0.1) is 11.8 Å². The van der Waals surface area contributed by atoms with Gasteiger partial charge < -0.3 is 18.6 Å². The summed E-state index contributed by atoms with van der Waals surface area (Å²) in [6.07, 6.45) is 8.71. The lowest BCUT2D eigenvalue weighted by Gasteiger charge is -2.41. The van der Waals surface area contributed by atoms with E-state index in [2.05, 4.69) is 4.90 Å². The number of benzene rings is 1. The number of likely N-dealkylation sites (tertiary alicyclic amines) is 1. The Labute approximate surface area is 166 Å². The highest BCUT2D eigenvalue weighted by Crippen LogP contribution is 2.41. The minimum atomic E-state index is 0.566. The lowest BCUT2D eigenvalue weighted by atomic mass is 9.75. The molecule has 6 heteroatoms. The van der Waals surface area contributed by atoms with Crippen LogP contribution in [0.2, 0.25) is 0 Å². The van der Waals surface area contributed by atoms with E-state index in [1.165, 1.54) is 38.6 Å². The maximum absolute atomic E-state index is 5.78. The quantitative estimate of drug-likeness (QED) is 0.734. The summed E-state index contributed by atoms with van der Waals surface area (Å²) >= 11 is 0. The molecule has 2 aliphatic rings. The lowest BCUT2D eigenvalue weighted by molar-refractivity contribution is 0.0812. The molecule has 28 heavy (non-hydrogen) atoms. The zero-order valence-corrected chi connectivity index (χ0v) is 17.1. The van der Waals surface area contributed by atoms with Gasteiger partial charge in [0, 0.05) is 18.7 Å². The summed E-state index contributed by atoms with van der Waals surface area (Å²) in [5, 5.41) is 0. The minimum absolute atomic E-state index is 0.566. The number of nitrogens with zero attached hydrogens (tertiary/aromatic N) is 2. The molecule has 1 saturated carbocycles. The van der Waals surface area contributed by atoms with Crippen molar-refractivity contribution in [2.45, 2.75) is 38.6 Å². The Hall–Kier alpha value is -2.21. The highest BCUT2D eigenvalue weighted by Gasteiger charge is 2.31. The van der Waals surface area contributed by atoms with Crippen molar-refractivity contribution in [2.24, 2.45) is 11.8 Å². The van der Waals surface area contributed by atoms with Gasteiger partial charge in [-0.15, -0.1) is 0 Å². The summed E-state index contributed by atoms with van der Waals surface area (Å²) in [6.45, 7) is 3.20. The number of ether oxygens (including phenoxy) is 3. The van der Waals surface area contributed by atoms with Gasteiger partial charge >= 0.3 is 0 Å². The van der Waals surface area contributed by atoms with Crippen LogP contribution in [0.15, 0.2) is 22.8 Å². The van der Waals surface area contributed by atoms with Crippen molar-refractivity contribution in [1.29, 1.82) is 0 Å². The van der Waals surface area contributed by atoms with Crippen molar-refractivity contribution in [3.05, 3.63) is 24.1 Å². The molecule has 2 aromatic rings. The smallest absolute Gasteiger partial charge is 0.226 e. The number of hydrogen-bond donors (Lipinski definition) is 0. The monoisotopic (exact) mass is 386 g/mol. The average Bonchev–Trinajstić information content (AvgIpc) is 3.21. The zero-order chi connectivity index (χ0) is 19.5. The molecule has 152 valence electrons. The summed E-state index contributed by atoms with van der Waals surface area (Å²) in [5.74, 6) is 4.13. The molecule has 1 aliphatic carbocycles. The van der Waals surface area contributed by atoms with Crippen LogP contribution in [0.3, 0.4) is 0 Å². The molecule has 1 saturated heterocycles. The highest BCUT2D eigenvalue weighted by atomic mass is 16.5. The standard InChI is InChI=1S/C22H30N2O4/c1-25-19-10-17(11-20(26-2)21(19)27-3)22-23-18(14-28-22)13-24-9-8-15-6-4-5-7-16(15)12-24/h10-11,14-16H,4-9,12-13H2,1-3H3/t15-,16+/m0/s1. The molecule has 1 aliphatic heterocycles. The molecule has 0 spiro atoms. The number of oxazole rings is 1. The minimum Gasteiger partial charge on any atom is -0.493 e. The summed E-state index contributed by atoms with van der Waals surface area (Å²) in [4.78, 5) is 7.26. The summed E-state index contributed by atoms with van der Waals surface area (Å²) in [5.41, 5.74) is 1.78. The van der Waals surface area contributed by atoms with Crippen LogP contribution in [-0.4, -0.2) is 44.3 Å². The Balaban J connectivity index is 1.48. The van der Waals surface area contributed by atoms with Crippen molar-refractivity contribution >= 4 is 0 Å². The Bertz CT molecular complexity index is 779. The van der Waals surface area contributed by atoms with Crippen molar-refractivity contribution in [3.63, 3.8) is 0 Å². The molecule has 0 unspecified atom stereocenters. The molecule has 2 atom stereocenters. The van der Waals surface area contributed by atoms with Crippen LogP contribution in [0.4, 0.5) is 0 Å². The van der Waals surface area contributed by atoms with E-state index in [1.807, 2.05) is 12.1 Å². The maximum atomic E-state index is 5.78. The lowest BCUT2D eigenvalue weighted by Crippen LogP contribution is -2.41. The van der Waals surface area contributed by atoms with Gasteiger partial charge in [-0.25, -0.2) is 4.98 Å². The normalized spacial score (nSPS) is 22.5. The third-order valence-corrected chi connectivity index (χ3v) is 6.22. The Morgan fingerprint density at radius 2 is 1.71 bits per heavy atom. The molecule has 1 aromatic carbocycles. The van der Waals surface area contributed by atoms with Gasteiger partial charge in [-0.05, 0) is 43.4 Å². The van der Waals surface area contributed by atoms with E-state index in [-0.39, 0.29) is 0 Å². The van der Waals surface area contributed by atoms with Gasteiger partial charge in [0.1, 0.15) is 6.26 Å². The first-order chi connectivity index (χ1) is 13.7. The Morgan fingerprint density at radius 1 is 1.00 bits per heavy atom. The van der Waals surface area contributed by atoms with Crippen LogP contribution >= 0.6 is 0 Å². The Morgan fingerprint density at radius 3 is 2.39 bits per heavy atom. The molecule has 4 rings (SSSR count). The van der Waals surface area contributed by atoms with Crippen LogP contribution in [-0.2, 0) is 6.54 Å². The Kier molecular flexibility index (Phi) is 5.76. The van der Waals surface area contributed by atoms with Crippen LogP contribution in [0.5, 0.6) is 17.2 Å². The van der Waals surface area contributed by atoms with Gasteiger partial charge in [0.05, 0.1) is 27.0 Å². The molecule has 0 bridgehead atoms. The maximum Gasteiger partial charge on any atom is 0.226 e. The third-order valence-electron chi connectivity index (χ3n) is 6.22. The molecule has 2 heterocycles. The van der Waals surface area contributed by atoms with E-state index in [1.54, 1.807) is 27.6 Å². The molecule has 2 fully saturated rings. The fourth-order valence-electron chi connectivity index (χ4n) is 4.77. The largest absolute Gasteiger partial charge is 0.493 e. The van der Waals surface area contributed by atoms with Gasteiger partial charge in [-0.3, -0.25) is 4.90 Å². The first-order valence-electron chi connectivity index (χ1n) is 10.2. The zero-order valence-electron chi connectivity index (χ0n) is 17.1. The van der Waals surface area contributed by atoms with Crippen LogP contribution in [0.25, 0.3) is 11.5 Å². The number of fused-ring (bicyclic) bond motifs is 1. The SMILES string of the molecule is COc1cc(-c2nc(CN3CC[C@@H]4CCCC[C@@H]4C3)co2)cc(OC)c1OC. The first kappa shape index (κ1) is 19.1. The van der Waals surface area contributed by atoms with Crippen molar-refractivity contribution in [2.75, 3.05) is 34.4 Å². The molecular formula is C22H30N2O4. The predicted molar refractivity (Wildman–Crippen MR) is 107 cm³/mol. The van der Waals surface area contributed by atoms with E-state index in [0.717, 1.165) is 36.2 Å². The van der Waals surface area contributed by atoms with Gasteiger partial charge in [0.25, 0.3) is 0 Å². The number of aromatic nitrogens is 1. The van der Waals surface area contributed by atoms with Crippen LogP contribution in [0.1, 0.15) is 37.8 Å². The van der Waals surface area contributed by atoms with Gasteiger partial charge in [0.15, 0.2) is 11.5 Å². The predicted octanol–water partition coefficient (Wildman–Crippen LogP) is 4.38. The van der Waals surface area contributed by atoms with Crippen molar-refractivity contribution in [1.82, 2.24) is 9.88 Å². The van der Waals surface area contributed by atoms with Gasteiger partial charge in [-0.1, -0.05) is 19.3 Å². The molecule has 0 amide bonds. The first-order valence-corrected chi connectivity index (χ1v) is 10.2. The van der Waals surface area contributed by atoms with Crippen molar-refractivity contribution < 1.29 is 18.6 Å². The number of methoxy groups -OCH3 is 3. The number of piperidine rings is 1. The van der Waals surface area contributed by atoms with Crippen molar-refractivity contribution in [3.8, 4) is 28.7 Å². The topological polar surface area (TPSA) is 57.0 Å². The second-order valence-corrected chi connectivity index (χ2v) is 7.89. The second kappa shape index (κ2) is 8.43. The molecule has 0 N–H and O–H groups in total. The van der Waals surface area contributed by atoms with E-state index >= 15 is 0 Å². The van der Waals surface area contributed by atoms with Gasteiger partial charge in [0.2, 0.25) is 11.6 Å². The highest BCUT2D eigenvalue weighted by molar-refractivity contribution is 5.65. The summed E-state index contributed by atoms with van der Waals surface area (Å²) < 4.78 is 22.0.